The molecule has 2 aliphatic rings. The van der Waals surface area contributed by atoms with Gasteiger partial charge in [-0.05, 0) is 19.8 Å². The van der Waals surface area contributed by atoms with Gasteiger partial charge < -0.3 is 19.3 Å². The van der Waals surface area contributed by atoms with E-state index < -0.39 is 17.8 Å². The summed E-state index contributed by atoms with van der Waals surface area (Å²) in [4.78, 5) is 49.2. The van der Waals surface area contributed by atoms with E-state index >= 15 is 0 Å². The van der Waals surface area contributed by atoms with Crippen molar-refractivity contribution >= 4 is 17.8 Å². The minimum absolute atomic E-state index is 0.206. The summed E-state index contributed by atoms with van der Waals surface area (Å²) in [6.45, 7) is 3.62. The van der Waals surface area contributed by atoms with Gasteiger partial charge in [0.2, 0.25) is 0 Å². The van der Waals surface area contributed by atoms with Crippen LogP contribution in [0.2, 0.25) is 0 Å². The van der Waals surface area contributed by atoms with Crippen LogP contribution in [0.25, 0.3) is 0 Å². The van der Waals surface area contributed by atoms with E-state index in [0.29, 0.717) is 26.2 Å². The lowest BCUT2D eigenvalue weighted by molar-refractivity contribution is -0.154. The number of imide groups is 1. The number of hydrogen-bond acceptors (Lipinski definition) is 7. The summed E-state index contributed by atoms with van der Waals surface area (Å²) in [6.07, 6.45) is 4.16. The van der Waals surface area contributed by atoms with E-state index in [0.717, 1.165) is 17.7 Å². The predicted molar refractivity (Wildman–Crippen MR) is 93.2 cm³/mol. The number of carbonyl (C=O) groups is 3. The molecule has 2 saturated heterocycles. The molecular formula is C17H23N5O5. The van der Waals surface area contributed by atoms with Crippen LogP contribution in [0, 0.1) is 0 Å². The number of amides is 4. The first-order valence-corrected chi connectivity index (χ1v) is 8.96. The largest absolute Gasteiger partial charge is 0.477 e. The summed E-state index contributed by atoms with van der Waals surface area (Å²) in [7, 11) is 1.48. The van der Waals surface area contributed by atoms with Gasteiger partial charge in [0, 0.05) is 38.6 Å². The van der Waals surface area contributed by atoms with Crippen molar-refractivity contribution in [3.63, 3.8) is 0 Å². The average molecular weight is 377 g/mol. The molecule has 1 aromatic heterocycles. The van der Waals surface area contributed by atoms with Crippen molar-refractivity contribution in [2.45, 2.75) is 25.9 Å². The van der Waals surface area contributed by atoms with Crippen LogP contribution >= 0.6 is 0 Å². The molecule has 3 heterocycles. The highest BCUT2D eigenvalue weighted by atomic mass is 16.5. The molecule has 27 heavy (non-hydrogen) atoms. The predicted octanol–water partition coefficient (Wildman–Crippen LogP) is 0.139. The minimum Gasteiger partial charge on any atom is -0.477 e. The molecule has 0 radical (unpaired) electrons. The first-order chi connectivity index (χ1) is 13.0. The Morgan fingerprint density at radius 3 is 2.59 bits per heavy atom. The highest BCUT2D eigenvalue weighted by Crippen LogP contribution is 2.24. The first-order valence-electron chi connectivity index (χ1n) is 8.96. The molecule has 1 atom stereocenters. The first kappa shape index (κ1) is 18.9. The lowest BCUT2D eigenvalue weighted by Crippen LogP contribution is -2.60. The Morgan fingerprint density at radius 1 is 1.15 bits per heavy atom. The SMILES string of the molecule is CCN1CCN(C(=O)N2CCCC(Oc3nccnc3OC)C2)C(=O)C1=O. The van der Waals surface area contributed by atoms with Crippen LogP contribution < -0.4 is 9.47 Å². The molecule has 10 heteroatoms. The van der Waals surface area contributed by atoms with Crippen molar-refractivity contribution < 1.29 is 23.9 Å². The Bertz CT molecular complexity index is 727. The molecule has 1 aromatic rings. The Morgan fingerprint density at radius 2 is 1.89 bits per heavy atom. The fourth-order valence-electron chi connectivity index (χ4n) is 3.23. The smallest absolute Gasteiger partial charge is 0.327 e. The van der Waals surface area contributed by atoms with E-state index in [-0.39, 0.29) is 24.4 Å². The number of likely N-dealkylation sites (N-methyl/N-ethyl adjacent to an activating group) is 1. The normalized spacial score (nSPS) is 20.7. The van der Waals surface area contributed by atoms with Crippen molar-refractivity contribution in [3.8, 4) is 11.8 Å². The van der Waals surface area contributed by atoms with Gasteiger partial charge in [0.05, 0.1) is 13.7 Å². The van der Waals surface area contributed by atoms with Gasteiger partial charge in [-0.15, -0.1) is 0 Å². The van der Waals surface area contributed by atoms with Gasteiger partial charge >= 0.3 is 17.8 Å². The zero-order chi connectivity index (χ0) is 19.4. The van der Waals surface area contributed by atoms with Crippen LogP contribution in [-0.2, 0) is 9.59 Å². The molecule has 10 nitrogen and oxygen atoms in total. The van der Waals surface area contributed by atoms with E-state index in [1.54, 1.807) is 11.8 Å². The number of hydrogen-bond donors (Lipinski definition) is 0. The third kappa shape index (κ3) is 3.93. The van der Waals surface area contributed by atoms with Gasteiger partial charge in [-0.25, -0.2) is 14.8 Å². The quantitative estimate of drug-likeness (QED) is 0.687. The fraction of sp³-hybridized carbons (Fsp3) is 0.588. The molecule has 0 bridgehead atoms. The van der Waals surface area contributed by atoms with Crippen molar-refractivity contribution in [1.29, 1.82) is 0 Å². The van der Waals surface area contributed by atoms with Gasteiger partial charge in [-0.3, -0.25) is 14.5 Å². The average Bonchev–Trinajstić information content (AvgIpc) is 2.70. The molecule has 0 aliphatic carbocycles. The van der Waals surface area contributed by atoms with E-state index in [1.165, 1.54) is 24.4 Å². The van der Waals surface area contributed by atoms with E-state index in [2.05, 4.69) is 9.97 Å². The second-order valence-electron chi connectivity index (χ2n) is 6.32. The summed E-state index contributed by atoms with van der Waals surface area (Å²) in [6, 6.07) is -0.455. The fourth-order valence-corrected chi connectivity index (χ4v) is 3.23. The van der Waals surface area contributed by atoms with Gasteiger partial charge in [-0.2, -0.15) is 0 Å². The number of likely N-dealkylation sites (tertiary alicyclic amines) is 1. The Kier molecular flexibility index (Phi) is 5.72. The monoisotopic (exact) mass is 377 g/mol. The molecule has 0 N–H and O–H groups in total. The van der Waals surface area contributed by atoms with Gasteiger partial charge in [0.1, 0.15) is 6.10 Å². The van der Waals surface area contributed by atoms with Crippen LogP contribution in [0.15, 0.2) is 12.4 Å². The maximum Gasteiger partial charge on any atom is 0.327 e. The topological polar surface area (TPSA) is 105 Å². The third-order valence-corrected chi connectivity index (χ3v) is 4.67. The highest BCUT2D eigenvalue weighted by molar-refractivity contribution is 6.38. The summed E-state index contributed by atoms with van der Waals surface area (Å²) >= 11 is 0. The number of aromatic nitrogens is 2. The van der Waals surface area contributed by atoms with Gasteiger partial charge in [0.15, 0.2) is 0 Å². The minimum atomic E-state index is -0.772. The number of rotatable bonds is 4. The summed E-state index contributed by atoms with van der Waals surface area (Å²) in [5.41, 5.74) is 0. The van der Waals surface area contributed by atoms with Gasteiger partial charge in [-0.1, -0.05) is 0 Å². The maximum atomic E-state index is 12.8. The number of piperazine rings is 1. The Labute approximate surface area is 157 Å². The summed E-state index contributed by atoms with van der Waals surface area (Å²) < 4.78 is 11.0. The van der Waals surface area contributed by atoms with Crippen molar-refractivity contribution in [3.05, 3.63) is 12.4 Å². The van der Waals surface area contributed by atoms with E-state index in [4.69, 9.17) is 9.47 Å². The molecule has 2 aliphatic heterocycles. The van der Waals surface area contributed by atoms with Crippen molar-refractivity contribution in [2.24, 2.45) is 0 Å². The Hall–Kier alpha value is -2.91. The van der Waals surface area contributed by atoms with Crippen LogP contribution in [-0.4, -0.2) is 88.5 Å². The second kappa shape index (κ2) is 8.19. The van der Waals surface area contributed by atoms with Crippen molar-refractivity contribution in [2.75, 3.05) is 39.8 Å². The zero-order valence-electron chi connectivity index (χ0n) is 15.5. The van der Waals surface area contributed by atoms with E-state index in [9.17, 15) is 14.4 Å². The number of ether oxygens (including phenoxy) is 2. The standard InChI is InChI=1S/C17H23N5O5/c1-3-20-9-10-22(16(24)15(20)23)17(25)21-8-4-5-12(11-21)27-14-13(26-2)18-6-7-19-14/h6-7,12H,3-5,8-11H2,1-2H3. The molecule has 4 amide bonds. The number of piperidine rings is 1. The van der Waals surface area contributed by atoms with Crippen LogP contribution in [0.4, 0.5) is 4.79 Å². The second-order valence-corrected chi connectivity index (χ2v) is 6.32. The molecule has 2 fully saturated rings. The molecule has 0 saturated carbocycles. The number of urea groups is 1. The summed E-state index contributed by atoms with van der Waals surface area (Å²) in [5.74, 6) is -0.863. The lowest BCUT2D eigenvalue weighted by atomic mass is 10.1. The molecule has 146 valence electrons. The highest BCUT2D eigenvalue weighted by Gasteiger charge is 2.38. The number of carbonyl (C=O) groups excluding carboxylic acids is 3. The van der Waals surface area contributed by atoms with Crippen LogP contribution in [0.3, 0.4) is 0 Å². The molecule has 0 aromatic carbocycles. The Balaban J connectivity index is 1.64. The number of methoxy groups -OCH3 is 1. The molecule has 3 rings (SSSR count). The molecule has 0 spiro atoms. The lowest BCUT2D eigenvalue weighted by Gasteiger charge is -2.38. The summed E-state index contributed by atoms with van der Waals surface area (Å²) in [5, 5.41) is 0. The number of nitrogens with zero attached hydrogens (tertiary/aromatic N) is 5. The molecular weight excluding hydrogens is 354 g/mol. The van der Waals surface area contributed by atoms with E-state index in [1.807, 2.05) is 0 Å². The van der Waals surface area contributed by atoms with Crippen molar-refractivity contribution in [1.82, 2.24) is 24.7 Å². The van der Waals surface area contributed by atoms with Crippen LogP contribution in [0.5, 0.6) is 11.8 Å². The molecule has 1 unspecified atom stereocenters. The van der Waals surface area contributed by atoms with Gasteiger partial charge in [0.25, 0.3) is 11.8 Å². The zero-order valence-corrected chi connectivity index (χ0v) is 15.5. The van der Waals surface area contributed by atoms with Crippen LogP contribution in [0.1, 0.15) is 19.8 Å². The third-order valence-electron chi connectivity index (χ3n) is 4.67. The maximum absolute atomic E-state index is 12.8.